The monoisotopic (exact) mass is 467 g/mol. The fraction of sp³-hybridized carbons (Fsp3) is 0.400. The highest BCUT2D eigenvalue weighted by atomic mass is 32.2. The summed E-state index contributed by atoms with van der Waals surface area (Å²) in [6.45, 7) is 3.40. The van der Waals surface area contributed by atoms with Crippen LogP contribution in [-0.4, -0.2) is 71.1 Å². The number of sulfonamides is 1. The highest BCUT2D eigenvalue weighted by Gasteiger charge is 2.31. The first-order chi connectivity index (χ1) is 14.6. The van der Waals surface area contributed by atoms with E-state index in [1.165, 1.54) is 34.8 Å². The summed E-state index contributed by atoms with van der Waals surface area (Å²) in [5.41, 5.74) is 0.349. The minimum Gasteiger partial charge on any atom is -0.462 e. The number of ether oxygens (including phenoxy) is 1. The van der Waals surface area contributed by atoms with Crippen molar-refractivity contribution in [1.82, 2.24) is 9.29 Å². The first-order valence-electron chi connectivity index (χ1n) is 9.82. The molecule has 0 aliphatic carbocycles. The number of rotatable bonds is 6. The van der Waals surface area contributed by atoms with Gasteiger partial charge >= 0.3 is 5.97 Å². The third-order valence-corrected chi connectivity index (χ3v) is 8.15. The van der Waals surface area contributed by atoms with Crippen molar-refractivity contribution in [3.8, 4) is 0 Å². The van der Waals surface area contributed by atoms with Crippen molar-refractivity contribution in [1.29, 1.82) is 0 Å². The summed E-state index contributed by atoms with van der Waals surface area (Å²) in [4.78, 5) is 17.6. The van der Waals surface area contributed by atoms with E-state index in [4.69, 9.17) is 4.74 Å². The Hall–Kier alpha value is -2.50. The van der Waals surface area contributed by atoms with Gasteiger partial charge in [-0.1, -0.05) is 12.1 Å². The molecule has 2 heterocycles. The summed E-state index contributed by atoms with van der Waals surface area (Å²) in [5, 5.41) is 0. The fourth-order valence-electron chi connectivity index (χ4n) is 3.38. The molecule has 0 atom stereocenters. The highest BCUT2D eigenvalue weighted by molar-refractivity contribution is 7.93. The molecule has 1 aromatic heterocycles. The van der Waals surface area contributed by atoms with Crippen LogP contribution in [0, 0.1) is 0 Å². The smallest absolute Gasteiger partial charge is 0.339 e. The van der Waals surface area contributed by atoms with Crippen LogP contribution in [0.1, 0.15) is 23.7 Å². The predicted molar refractivity (Wildman–Crippen MR) is 115 cm³/mol. The van der Waals surface area contributed by atoms with Gasteiger partial charge in [-0.05, 0) is 37.6 Å². The number of hydrogen-bond donors (Lipinski definition) is 0. The summed E-state index contributed by atoms with van der Waals surface area (Å²) in [6.07, 6.45) is 2.98. The van der Waals surface area contributed by atoms with Crippen LogP contribution in [0.2, 0.25) is 0 Å². The van der Waals surface area contributed by atoms with Gasteiger partial charge in [0.15, 0.2) is 9.84 Å². The van der Waals surface area contributed by atoms with Crippen LogP contribution >= 0.6 is 0 Å². The number of aromatic nitrogens is 1. The molecule has 1 aromatic carbocycles. The quantitative estimate of drug-likeness (QED) is 0.588. The van der Waals surface area contributed by atoms with E-state index in [-0.39, 0.29) is 29.5 Å². The standard InChI is InChI=1S/C20H25N3O6S2/c1-3-29-20(24)16-9-10-19(21-15-16)22-11-6-12-23(14-13-22)31(27,28)18-8-5-4-7-17(18)30(2,25)26/h4-5,7-10,15H,3,6,11-14H2,1-2H3. The number of pyridine rings is 1. The zero-order valence-corrected chi connectivity index (χ0v) is 19.0. The third kappa shape index (κ3) is 5.23. The zero-order chi connectivity index (χ0) is 22.6. The van der Waals surface area contributed by atoms with Crippen LogP contribution in [0.15, 0.2) is 52.4 Å². The Morgan fingerprint density at radius 3 is 2.32 bits per heavy atom. The summed E-state index contributed by atoms with van der Waals surface area (Å²) in [6, 6.07) is 8.98. The molecule has 0 bridgehead atoms. The van der Waals surface area contributed by atoms with Crippen molar-refractivity contribution in [2.75, 3.05) is 43.9 Å². The summed E-state index contributed by atoms with van der Waals surface area (Å²) in [7, 11) is -7.68. The van der Waals surface area contributed by atoms with Gasteiger partial charge in [0.25, 0.3) is 0 Å². The second kappa shape index (κ2) is 9.33. The van der Waals surface area contributed by atoms with Crippen molar-refractivity contribution in [2.45, 2.75) is 23.1 Å². The van der Waals surface area contributed by atoms with Gasteiger partial charge in [-0.2, -0.15) is 4.31 Å². The first-order valence-corrected chi connectivity index (χ1v) is 13.1. The highest BCUT2D eigenvalue weighted by Crippen LogP contribution is 2.25. The fourth-order valence-corrected chi connectivity index (χ4v) is 6.45. The molecule has 2 aromatic rings. The summed E-state index contributed by atoms with van der Waals surface area (Å²) in [5.74, 6) is 0.183. The topological polar surface area (TPSA) is 114 Å². The number of sulfone groups is 1. The van der Waals surface area contributed by atoms with Crippen LogP contribution in [0.5, 0.6) is 0 Å². The van der Waals surface area contributed by atoms with Crippen LogP contribution in [0.3, 0.4) is 0 Å². The molecule has 0 saturated carbocycles. The predicted octanol–water partition coefficient (Wildman–Crippen LogP) is 1.56. The summed E-state index contributed by atoms with van der Waals surface area (Å²) < 4.78 is 56.8. The summed E-state index contributed by atoms with van der Waals surface area (Å²) >= 11 is 0. The van der Waals surface area contributed by atoms with Crippen molar-refractivity contribution in [2.24, 2.45) is 0 Å². The number of anilines is 1. The van der Waals surface area contributed by atoms with Crippen LogP contribution in [0.4, 0.5) is 5.82 Å². The van der Waals surface area contributed by atoms with Gasteiger partial charge in [-0.15, -0.1) is 0 Å². The van der Waals surface area contributed by atoms with E-state index in [0.29, 0.717) is 30.9 Å². The number of benzene rings is 1. The molecule has 1 fully saturated rings. The number of carbonyl (C=O) groups excluding carboxylic acids is 1. The maximum Gasteiger partial charge on any atom is 0.339 e. The molecule has 31 heavy (non-hydrogen) atoms. The molecule has 0 amide bonds. The molecule has 1 aliphatic rings. The van der Waals surface area contributed by atoms with E-state index < -0.39 is 25.8 Å². The normalized spacial score (nSPS) is 16.0. The third-order valence-electron chi connectivity index (χ3n) is 4.90. The number of esters is 1. The molecular weight excluding hydrogens is 442 g/mol. The van der Waals surface area contributed by atoms with Gasteiger partial charge in [-0.25, -0.2) is 26.6 Å². The van der Waals surface area contributed by atoms with Gasteiger partial charge in [0, 0.05) is 38.6 Å². The number of nitrogens with zero attached hydrogens (tertiary/aromatic N) is 3. The lowest BCUT2D eigenvalue weighted by Gasteiger charge is -2.23. The lowest BCUT2D eigenvalue weighted by atomic mass is 10.2. The maximum absolute atomic E-state index is 13.2. The molecular formula is C20H25N3O6S2. The van der Waals surface area contributed by atoms with Crippen molar-refractivity contribution in [3.05, 3.63) is 48.2 Å². The van der Waals surface area contributed by atoms with Gasteiger partial charge in [-0.3, -0.25) is 0 Å². The molecule has 168 valence electrons. The number of hydrogen-bond acceptors (Lipinski definition) is 8. The van der Waals surface area contributed by atoms with Crippen molar-refractivity contribution < 1.29 is 26.4 Å². The Labute approximate surface area is 182 Å². The molecule has 3 rings (SSSR count). The Bertz CT molecular complexity index is 1150. The van der Waals surface area contributed by atoms with Gasteiger partial charge in [0.1, 0.15) is 10.7 Å². The van der Waals surface area contributed by atoms with Crippen LogP contribution in [0.25, 0.3) is 0 Å². The van der Waals surface area contributed by atoms with Crippen LogP contribution in [-0.2, 0) is 24.6 Å². The van der Waals surface area contributed by atoms with Gasteiger partial charge in [0.2, 0.25) is 10.0 Å². The average Bonchev–Trinajstić information content (AvgIpc) is 3.00. The largest absolute Gasteiger partial charge is 0.462 e. The van der Waals surface area contributed by atoms with Crippen LogP contribution < -0.4 is 4.90 Å². The molecule has 1 saturated heterocycles. The minimum atomic E-state index is -3.98. The van der Waals surface area contributed by atoms with E-state index in [9.17, 15) is 21.6 Å². The zero-order valence-electron chi connectivity index (χ0n) is 17.4. The van der Waals surface area contributed by atoms with Crippen molar-refractivity contribution >= 4 is 31.6 Å². The van der Waals surface area contributed by atoms with E-state index in [1.807, 2.05) is 4.90 Å². The second-order valence-corrected chi connectivity index (χ2v) is 11.0. The Morgan fingerprint density at radius 1 is 1.00 bits per heavy atom. The molecule has 0 radical (unpaired) electrons. The Morgan fingerprint density at radius 2 is 1.71 bits per heavy atom. The Kier molecular flexibility index (Phi) is 6.97. The maximum atomic E-state index is 13.2. The minimum absolute atomic E-state index is 0.182. The molecule has 1 aliphatic heterocycles. The van der Waals surface area contributed by atoms with E-state index in [1.54, 1.807) is 19.1 Å². The van der Waals surface area contributed by atoms with E-state index in [2.05, 4.69) is 4.98 Å². The number of carbonyl (C=O) groups is 1. The lowest BCUT2D eigenvalue weighted by Crippen LogP contribution is -2.36. The molecule has 0 N–H and O–H groups in total. The van der Waals surface area contributed by atoms with E-state index >= 15 is 0 Å². The molecule has 0 unspecified atom stereocenters. The lowest BCUT2D eigenvalue weighted by molar-refractivity contribution is 0.0526. The van der Waals surface area contributed by atoms with Gasteiger partial charge in [0.05, 0.1) is 17.1 Å². The molecule has 9 nitrogen and oxygen atoms in total. The molecule has 11 heteroatoms. The van der Waals surface area contributed by atoms with Crippen molar-refractivity contribution in [3.63, 3.8) is 0 Å². The Balaban J connectivity index is 1.78. The van der Waals surface area contributed by atoms with Gasteiger partial charge < -0.3 is 9.64 Å². The average molecular weight is 468 g/mol. The van der Waals surface area contributed by atoms with E-state index in [0.717, 1.165) is 6.26 Å². The SMILES string of the molecule is CCOC(=O)c1ccc(N2CCCN(S(=O)(=O)c3ccccc3S(C)(=O)=O)CC2)nc1. The first kappa shape index (κ1) is 23.2. The second-order valence-electron chi connectivity index (χ2n) is 7.09. The molecule has 0 spiro atoms.